The van der Waals surface area contributed by atoms with Crippen LogP contribution in [0.25, 0.3) is 21.5 Å². The second kappa shape index (κ2) is 9.09. The van der Waals surface area contributed by atoms with Crippen LogP contribution in [0.15, 0.2) is 78.4 Å². The van der Waals surface area contributed by atoms with Crippen LogP contribution < -0.4 is 4.90 Å². The standard InChI is InChI=1S/C25H17ClN4O3S/c26-25-28-20-9-11-34-23(20)22(29-25)16-3-5-17(6-4-16)30(14-15-2-1-10-27-13-15)24(33)19-8-7-18(31)12-21(19)32/h1-13,31-32H,14H2. The van der Waals surface area contributed by atoms with Crippen molar-refractivity contribution in [2.24, 2.45) is 0 Å². The quantitative estimate of drug-likeness (QED) is 0.309. The molecule has 2 aromatic carbocycles. The molecule has 34 heavy (non-hydrogen) atoms. The first-order valence-electron chi connectivity index (χ1n) is 10.2. The van der Waals surface area contributed by atoms with Crippen molar-refractivity contribution in [1.82, 2.24) is 15.0 Å². The Bertz CT molecular complexity index is 1490. The number of thiophene rings is 1. The second-order valence-corrected chi connectivity index (χ2v) is 8.73. The lowest BCUT2D eigenvalue weighted by atomic mass is 10.1. The van der Waals surface area contributed by atoms with E-state index in [4.69, 9.17) is 11.6 Å². The first-order chi connectivity index (χ1) is 16.5. The first-order valence-corrected chi connectivity index (χ1v) is 11.5. The summed E-state index contributed by atoms with van der Waals surface area (Å²) < 4.78 is 0.925. The van der Waals surface area contributed by atoms with Crippen molar-refractivity contribution >= 4 is 44.7 Å². The summed E-state index contributed by atoms with van der Waals surface area (Å²) in [5.74, 6) is -0.839. The highest BCUT2D eigenvalue weighted by Gasteiger charge is 2.22. The van der Waals surface area contributed by atoms with Crippen molar-refractivity contribution in [1.29, 1.82) is 0 Å². The Morgan fingerprint density at radius 3 is 2.59 bits per heavy atom. The van der Waals surface area contributed by atoms with Crippen LogP contribution in [0.5, 0.6) is 11.5 Å². The Hall–Kier alpha value is -4.01. The van der Waals surface area contributed by atoms with Crippen LogP contribution in [0.4, 0.5) is 5.69 Å². The summed E-state index contributed by atoms with van der Waals surface area (Å²) >= 11 is 7.65. The minimum atomic E-state index is -0.417. The third-order valence-electron chi connectivity index (χ3n) is 5.25. The first kappa shape index (κ1) is 21.8. The fraction of sp³-hybridized carbons (Fsp3) is 0.0400. The van der Waals surface area contributed by atoms with Gasteiger partial charge in [-0.2, -0.15) is 0 Å². The summed E-state index contributed by atoms with van der Waals surface area (Å²) in [6, 6.07) is 16.8. The van der Waals surface area contributed by atoms with Crippen LogP contribution >= 0.6 is 22.9 Å². The van der Waals surface area contributed by atoms with Gasteiger partial charge in [0.25, 0.3) is 5.91 Å². The Kier molecular flexibility index (Phi) is 5.83. The molecule has 0 unspecified atom stereocenters. The van der Waals surface area contributed by atoms with Crippen molar-refractivity contribution in [3.8, 4) is 22.8 Å². The minimum Gasteiger partial charge on any atom is -0.508 e. The molecule has 0 aliphatic heterocycles. The van der Waals surface area contributed by atoms with Gasteiger partial charge in [0, 0.05) is 29.7 Å². The molecule has 9 heteroatoms. The third-order valence-corrected chi connectivity index (χ3v) is 6.33. The number of nitrogens with zero attached hydrogens (tertiary/aromatic N) is 4. The zero-order valence-corrected chi connectivity index (χ0v) is 19.2. The van der Waals surface area contributed by atoms with Crippen LogP contribution in [0, 0.1) is 0 Å². The van der Waals surface area contributed by atoms with Gasteiger partial charge in [-0.3, -0.25) is 9.78 Å². The zero-order chi connectivity index (χ0) is 23.7. The van der Waals surface area contributed by atoms with Crippen molar-refractivity contribution in [3.05, 3.63) is 94.8 Å². The van der Waals surface area contributed by atoms with Gasteiger partial charge in [-0.05, 0) is 58.9 Å². The summed E-state index contributed by atoms with van der Waals surface area (Å²) in [6.45, 7) is 0.237. The average molecular weight is 489 g/mol. The molecule has 168 valence electrons. The number of hydrogen-bond donors (Lipinski definition) is 2. The maximum absolute atomic E-state index is 13.4. The predicted octanol–water partition coefficient (Wildman–Crippen LogP) is 5.66. The molecule has 0 radical (unpaired) electrons. The number of carbonyl (C=O) groups is 1. The van der Waals surface area contributed by atoms with E-state index in [1.807, 2.05) is 41.8 Å². The van der Waals surface area contributed by atoms with Gasteiger partial charge in [0.15, 0.2) is 0 Å². The number of benzene rings is 2. The fourth-order valence-corrected chi connectivity index (χ4v) is 4.65. The summed E-state index contributed by atoms with van der Waals surface area (Å²) in [5, 5.41) is 22.0. The highest BCUT2D eigenvalue weighted by Crippen LogP contribution is 2.33. The number of phenolic OH excluding ortho intramolecular Hbond substituents is 2. The summed E-state index contributed by atoms with van der Waals surface area (Å²) in [5.41, 5.74) is 3.85. The molecule has 2 N–H and O–H groups in total. The van der Waals surface area contributed by atoms with Gasteiger partial charge >= 0.3 is 0 Å². The van der Waals surface area contributed by atoms with Gasteiger partial charge in [0.1, 0.15) is 11.5 Å². The predicted molar refractivity (Wildman–Crippen MR) is 132 cm³/mol. The fourth-order valence-electron chi connectivity index (χ4n) is 3.63. The molecule has 3 heterocycles. The number of anilines is 1. The molecular formula is C25H17ClN4O3S. The maximum Gasteiger partial charge on any atom is 0.262 e. The molecule has 0 bridgehead atoms. The molecule has 0 spiro atoms. The highest BCUT2D eigenvalue weighted by atomic mass is 35.5. The molecule has 1 amide bonds. The number of aromatic hydroxyl groups is 2. The number of amides is 1. The monoisotopic (exact) mass is 488 g/mol. The lowest BCUT2D eigenvalue weighted by molar-refractivity contribution is 0.0982. The molecule has 3 aromatic heterocycles. The number of phenols is 2. The normalized spacial score (nSPS) is 11.0. The van der Waals surface area contributed by atoms with Crippen LogP contribution in [0.3, 0.4) is 0 Å². The van der Waals surface area contributed by atoms with E-state index in [0.717, 1.165) is 33.1 Å². The molecule has 0 aliphatic carbocycles. The molecule has 0 atom stereocenters. The maximum atomic E-state index is 13.4. The van der Waals surface area contributed by atoms with Crippen LogP contribution in [-0.2, 0) is 6.54 Å². The number of rotatable bonds is 5. The Labute approximate surface area is 203 Å². The minimum absolute atomic E-state index is 0.0774. The molecule has 0 fully saturated rings. The number of fused-ring (bicyclic) bond motifs is 1. The van der Waals surface area contributed by atoms with Crippen molar-refractivity contribution in [3.63, 3.8) is 0 Å². The Morgan fingerprint density at radius 1 is 1.03 bits per heavy atom. The van der Waals surface area contributed by atoms with Gasteiger partial charge in [0.05, 0.1) is 28.0 Å². The number of aromatic nitrogens is 3. The van der Waals surface area contributed by atoms with Crippen LogP contribution in [0.2, 0.25) is 5.28 Å². The SMILES string of the molecule is O=C(c1ccc(O)cc1O)N(Cc1cccnc1)c1ccc(-c2nc(Cl)nc3ccsc23)cc1. The van der Waals surface area contributed by atoms with E-state index >= 15 is 0 Å². The number of halogens is 1. The lowest BCUT2D eigenvalue weighted by Crippen LogP contribution is -2.30. The number of carbonyl (C=O) groups excluding carboxylic acids is 1. The van der Waals surface area contributed by atoms with Crippen LogP contribution in [0.1, 0.15) is 15.9 Å². The summed E-state index contributed by atoms with van der Waals surface area (Å²) in [7, 11) is 0. The molecule has 7 nitrogen and oxygen atoms in total. The van der Waals surface area contributed by atoms with Gasteiger partial charge < -0.3 is 15.1 Å². The van der Waals surface area contributed by atoms with E-state index in [9.17, 15) is 15.0 Å². The van der Waals surface area contributed by atoms with Crippen molar-refractivity contribution in [2.75, 3.05) is 4.90 Å². The van der Waals surface area contributed by atoms with E-state index in [1.54, 1.807) is 23.4 Å². The van der Waals surface area contributed by atoms with Gasteiger partial charge in [-0.1, -0.05) is 18.2 Å². The van der Waals surface area contributed by atoms with Crippen LogP contribution in [-0.4, -0.2) is 31.1 Å². The number of pyridine rings is 1. The van der Waals surface area contributed by atoms with E-state index in [2.05, 4.69) is 15.0 Å². The van der Waals surface area contributed by atoms with Crippen molar-refractivity contribution in [2.45, 2.75) is 6.54 Å². The topological polar surface area (TPSA) is 99.4 Å². The second-order valence-electron chi connectivity index (χ2n) is 7.48. The summed E-state index contributed by atoms with van der Waals surface area (Å²) in [4.78, 5) is 27.8. The smallest absolute Gasteiger partial charge is 0.262 e. The molecule has 0 saturated heterocycles. The van der Waals surface area contributed by atoms with Gasteiger partial charge in [0.2, 0.25) is 5.28 Å². The third kappa shape index (κ3) is 4.28. The molecule has 0 aliphatic rings. The van der Waals surface area contributed by atoms with Crippen molar-refractivity contribution < 1.29 is 15.0 Å². The van der Waals surface area contributed by atoms with E-state index in [-0.39, 0.29) is 28.9 Å². The van der Waals surface area contributed by atoms with E-state index < -0.39 is 5.91 Å². The average Bonchev–Trinajstić information content (AvgIpc) is 3.31. The van der Waals surface area contributed by atoms with E-state index in [1.165, 1.54) is 23.5 Å². The highest BCUT2D eigenvalue weighted by molar-refractivity contribution is 7.17. The molecule has 5 rings (SSSR count). The summed E-state index contributed by atoms with van der Waals surface area (Å²) in [6.07, 6.45) is 3.34. The lowest BCUT2D eigenvalue weighted by Gasteiger charge is -2.24. The zero-order valence-electron chi connectivity index (χ0n) is 17.6. The molecular weight excluding hydrogens is 472 g/mol. The van der Waals surface area contributed by atoms with E-state index in [0.29, 0.717) is 5.69 Å². The number of hydrogen-bond acceptors (Lipinski definition) is 7. The largest absolute Gasteiger partial charge is 0.508 e. The molecule has 5 aromatic rings. The molecule has 0 saturated carbocycles. The Balaban J connectivity index is 1.54. The van der Waals surface area contributed by atoms with Gasteiger partial charge in [-0.25, -0.2) is 9.97 Å². The Morgan fingerprint density at radius 2 is 1.85 bits per heavy atom. The van der Waals surface area contributed by atoms with Gasteiger partial charge in [-0.15, -0.1) is 11.3 Å².